The van der Waals surface area contributed by atoms with Crippen LogP contribution < -0.4 is 4.74 Å². The number of nitrogens with zero attached hydrogens (tertiary/aromatic N) is 2. The molecule has 0 N–H and O–H groups in total. The summed E-state index contributed by atoms with van der Waals surface area (Å²) in [6.07, 6.45) is -5.04. The fourth-order valence-electron chi connectivity index (χ4n) is 1.83. The van der Waals surface area contributed by atoms with Crippen LogP contribution in [0.2, 0.25) is 0 Å². The molecule has 0 saturated carbocycles. The Morgan fingerprint density at radius 3 is 1.87 bits per heavy atom. The average molecular weight is 328 g/mol. The van der Waals surface area contributed by atoms with Gasteiger partial charge in [0.15, 0.2) is 0 Å². The molecule has 0 spiro atoms. The Morgan fingerprint density at radius 1 is 0.870 bits per heavy atom. The third-order valence-electron chi connectivity index (χ3n) is 2.79. The van der Waals surface area contributed by atoms with Gasteiger partial charge in [0, 0.05) is 23.8 Å². The van der Waals surface area contributed by atoms with Gasteiger partial charge in [-0.15, -0.1) is 13.2 Å². The summed E-state index contributed by atoms with van der Waals surface area (Å²) in [5.74, 6) is -0.763. The van der Waals surface area contributed by atoms with Gasteiger partial charge in [-0.2, -0.15) is 0 Å². The molecule has 0 aliphatic carbocycles. The largest absolute Gasteiger partial charge is 0.573 e. The van der Waals surface area contributed by atoms with Crippen molar-refractivity contribution in [1.29, 1.82) is 0 Å². The van der Waals surface area contributed by atoms with E-state index >= 15 is 0 Å². The predicted molar refractivity (Wildman–Crippen MR) is 71.9 cm³/mol. The maximum Gasteiger partial charge on any atom is 0.573 e. The number of nitro benzene ring substituents is 2. The highest BCUT2D eigenvalue weighted by Crippen LogP contribution is 2.37. The van der Waals surface area contributed by atoms with Crippen molar-refractivity contribution in [3.63, 3.8) is 0 Å². The fourth-order valence-corrected chi connectivity index (χ4v) is 1.83. The Bertz CT molecular complexity index is 759. The minimum atomic E-state index is -5.04. The SMILES string of the molecule is O=[N+]([O-])c1ccc(-c2ccc([N+](=O)[O-])cc2OC(F)(F)F)cc1. The molecule has 10 heteroatoms. The van der Waals surface area contributed by atoms with E-state index < -0.39 is 27.6 Å². The molecule has 0 aliphatic rings. The quantitative estimate of drug-likeness (QED) is 0.622. The maximum atomic E-state index is 12.5. The van der Waals surface area contributed by atoms with Crippen molar-refractivity contribution in [1.82, 2.24) is 0 Å². The van der Waals surface area contributed by atoms with Crippen LogP contribution in [0.5, 0.6) is 5.75 Å². The van der Waals surface area contributed by atoms with Crippen molar-refractivity contribution in [2.45, 2.75) is 6.36 Å². The first-order valence-electron chi connectivity index (χ1n) is 5.96. The molecule has 0 bridgehead atoms. The summed E-state index contributed by atoms with van der Waals surface area (Å²) in [6, 6.07) is 7.40. The Balaban J connectivity index is 2.51. The smallest absolute Gasteiger partial charge is 0.405 e. The summed E-state index contributed by atoms with van der Waals surface area (Å²) in [5.41, 5.74) is -0.712. The van der Waals surface area contributed by atoms with Crippen LogP contribution in [0.3, 0.4) is 0 Å². The Morgan fingerprint density at radius 2 is 1.39 bits per heavy atom. The number of halogens is 3. The van der Waals surface area contributed by atoms with Crippen molar-refractivity contribution >= 4 is 11.4 Å². The highest BCUT2D eigenvalue weighted by atomic mass is 19.4. The molecule has 7 nitrogen and oxygen atoms in total. The summed E-state index contributed by atoms with van der Waals surface area (Å²) in [5, 5.41) is 21.3. The topological polar surface area (TPSA) is 95.5 Å². The average Bonchev–Trinajstić information content (AvgIpc) is 2.45. The lowest BCUT2D eigenvalue weighted by atomic mass is 10.0. The molecule has 120 valence electrons. The Kier molecular flexibility index (Phi) is 4.16. The Labute approximate surface area is 126 Å². The van der Waals surface area contributed by atoms with Gasteiger partial charge in [-0.3, -0.25) is 20.2 Å². The van der Waals surface area contributed by atoms with Gasteiger partial charge in [-0.25, -0.2) is 0 Å². The summed E-state index contributed by atoms with van der Waals surface area (Å²) in [4.78, 5) is 19.7. The molecule has 0 radical (unpaired) electrons. The summed E-state index contributed by atoms with van der Waals surface area (Å²) < 4.78 is 41.2. The molecular formula is C13H7F3N2O5. The molecule has 0 aliphatic heterocycles. The van der Waals surface area contributed by atoms with Gasteiger partial charge in [0.1, 0.15) is 5.75 Å². The zero-order valence-electron chi connectivity index (χ0n) is 11.1. The monoisotopic (exact) mass is 328 g/mol. The van der Waals surface area contributed by atoms with Crippen LogP contribution in [-0.4, -0.2) is 16.2 Å². The molecule has 23 heavy (non-hydrogen) atoms. The minimum absolute atomic E-state index is 0.0807. The van der Waals surface area contributed by atoms with Gasteiger partial charge in [0.05, 0.1) is 15.9 Å². The standard InChI is InChI=1S/C13H7F3N2O5/c14-13(15,16)23-12-7-10(18(21)22)5-6-11(12)8-1-3-9(4-2-8)17(19)20/h1-7H. The maximum absolute atomic E-state index is 12.5. The summed E-state index contributed by atoms with van der Waals surface area (Å²) in [6.45, 7) is 0. The lowest BCUT2D eigenvalue weighted by molar-refractivity contribution is -0.385. The molecule has 0 aromatic heterocycles. The van der Waals surface area contributed by atoms with Gasteiger partial charge >= 0.3 is 6.36 Å². The van der Waals surface area contributed by atoms with E-state index in [0.29, 0.717) is 6.07 Å². The fraction of sp³-hybridized carbons (Fsp3) is 0.0769. The number of non-ortho nitro benzene ring substituents is 2. The van der Waals surface area contributed by atoms with Crippen LogP contribution in [0, 0.1) is 20.2 Å². The normalized spacial score (nSPS) is 11.1. The van der Waals surface area contributed by atoms with Gasteiger partial charge in [0.2, 0.25) is 0 Å². The first kappa shape index (κ1) is 16.2. The number of hydrogen-bond acceptors (Lipinski definition) is 5. The molecule has 0 amide bonds. The number of rotatable bonds is 4. The van der Waals surface area contributed by atoms with Crippen LogP contribution in [-0.2, 0) is 0 Å². The lowest BCUT2D eigenvalue weighted by Gasteiger charge is -2.13. The van der Waals surface area contributed by atoms with E-state index in [1.165, 1.54) is 12.1 Å². The third-order valence-corrected chi connectivity index (χ3v) is 2.79. The highest BCUT2D eigenvalue weighted by molar-refractivity contribution is 5.73. The van der Waals surface area contributed by atoms with Crippen LogP contribution in [0.15, 0.2) is 42.5 Å². The number of hydrogen-bond donors (Lipinski definition) is 0. The first-order valence-corrected chi connectivity index (χ1v) is 5.96. The number of ether oxygens (including phenoxy) is 1. The molecular weight excluding hydrogens is 321 g/mol. The molecule has 2 aromatic carbocycles. The molecule has 0 fully saturated rings. The van der Waals surface area contributed by atoms with Crippen LogP contribution in [0.1, 0.15) is 0 Å². The number of alkyl halides is 3. The lowest BCUT2D eigenvalue weighted by Crippen LogP contribution is -2.17. The summed E-state index contributed by atoms with van der Waals surface area (Å²) in [7, 11) is 0. The Hall–Kier alpha value is -3.17. The second-order valence-electron chi connectivity index (χ2n) is 4.29. The van der Waals surface area contributed by atoms with Crippen molar-refractivity contribution < 1.29 is 27.8 Å². The third kappa shape index (κ3) is 3.93. The number of benzene rings is 2. The van der Waals surface area contributed by atoms with Crippen molar-refractivity contribution in [3.05, 3.63) is 62.7 Å². The number of nitro groups is 2. The van der Waals surface area contributed by atoms with Gasteiger partial charge in [0.25, 0.3) is 11.4 Å². The second-order valence-corrected chi connectivity index (χ2v) is 4.29. The highest BCUT2D eigenvalue weighted by Gasteiger charge is 2.33. The van der Waals surface area contributed by atoms with Gasteiger partial charge in [-0.05, 0) is 23.8 Å². The molecule has 0 heterocycles. The van der Waals surface area contributed by atoms with Crippen LogP contribution in [0.25, 0.3) is 11.1 Å². The van der Waals surface area contributed by atoms with E-state index in [1.54, 1.807) is 0 Å². The predicted octanol–water partition coefficient (Wildman–Crippen LogP) is 4.07. The molecule has 0 unspecified atom stereocenters. The van der Waals surface area contributed by atoms with E-state index in [1.807, 2.05) is 0 Å². The van der Waals surface area contributed by atoms with E-state index in [2.05, 4.69) is 4.74 Å². The van der Waals surface area contributed by atoms with E-state index in [0.717, 1.165) is 24.3 Å². The van der Waals surface area contributed by atoms with Crippen molar-refractivity contribution in [2.24, 2.45) is 0 Å². The minimum Gasteiger partial charge on any atom is -0.405 e. The van der Waals surface area contributed by atoms with E-state index in [9.17, 15) is 33.4 Å². The zero-order valence-corrected chi connectivity index (χ0v) is 11.1. The summed E-state index contributed by atoms with van der Waals surface area (Å²) >= 11 is 0. The van der Waals surface area contributed by atoms with Crippen LogP contribution >= 0.6 is 0 Å². The van der Waals surface area contributed by atoms with Crippen LogP contribution in [0.4, 0.5) is 24.5 Å². The zero-order chi connectivity index (χ0) is 17.2. The molecule has 0 atom stereocenters. The van der Waals surface area contributed by atoms with E-state index in [-0.39, 0.29) is 16.8 Å². The van der Waals surface area contributed by atoms with Crippen molar-refractivity contribution in [3.8, 4) is 16.9 Å². The molecule has 2 rings (SSSR count). The van der Waals surface area contributed by atoms with Gasteiger partial charge < -0.3 is 4.74 Å². The van der Waals surface area contributed by atoms with Gasteiger partial charge in [-0.1, -0.05) is 0 Å². The second kappa shape index (κ2) is 5.91. The molecule has 2 aromatic rings. The van der Waals surface area contributed by atoms with Crippen molar-refractivity contribution in [2.75, 3.05) is 0 Å². The first-order chi connectivity index (χ1) is 10.7. The van der Waals surface area contributed by atoms with E-state index in [4.69, 9.17) is 0 Å². The molecule has 0 saturated heterocycles.